The molecular formula is C15H13BrFNOS. The number of nitrogens with zero attached hydrogens (tertiary/aromatic N) is 1. The Bertz CT molecular complexity index is 648. The smallest absolute Gasteiger partial charge is 0.137 e. The number of ether oxygens (including phenoxy) is 1. The van der Waals surface area contributed by atoms with Crippen LogP contribution in [0.25, 0.3) is 0 Å². The number of hydrogen-bond donors (Lipinski definition) is 0. The van der Waals surface area contributed by atoms with Crippen molar-refractivity contribution in [3.05, 3.63) is 63.4 Å². The molecule has 2 aromatic rings. The molecule has 1 unspecified atom stereocenters. The van der Waals surface area contributed by atoms with Crippen molar-refractivity contribution in [2.45, 2.75) is 13.0 Å². The zero-order chi connectivity index (χ0) is 14.7. The molecule has 1 atom stereocenters. The van der Waals surface area contributed by atoms with Crippen LogP contribution < -0.4 is 4.74 Å². The van der Waals surface area contributed by atoms with Gasteiger partial charge in [-0.25, -0.2) is 8.75 Å². The zero-order valence-electron chi connectivity index (χ0n) is 11.1. The number of benzene rings is 2. The molecule has 0 aromatic heterocycles. The molecule has 104 valence electrons. The predicted octanol–water partition coefficient (Wildman–Crippen LogP) is 4.73. The van der Waals surface area contributed by atoms with E-state index < -0.39 is 0 Å². The van der Waals surface area contributed by atoms with E-state index in [2.05, 4.69) is 20.3 Å². The molecule has 0 aliphatic heterocycles. The maximum absolute atomic E-state index is 13.3. The fourth-order valence-corrected chi connectivity index (χ4v) is 2.71. The number of halogens is 2. The van der Waals surface area contributed by atoms with Crippen molar-refractivity contribution in [1.82, 2.24) is 0 Å². The summed E-state index contributed by atoms with van der Waals surface area (Å²) >= 11 is 8.09. The van der Waals surface area contributed by atoms with Crippen LogP contribution in [0.5, 0.6) is 5.75 Å². The first kappa shape index (κ1) is 15.1. The summed E-state index contributed by atoms with van der Waals surface area (Å²) in [5.74, 6) is 0.514. The third kappa shape index (κ3) is 3.04. The molecule has 20 heavy (non-hydrogen) atoms. The van der Waals surface area contributed by atoms with E-state index in [-0.39, 0.29) is 11.9 Å². The third-order valence-electron chi connectivity index (χ3n) is 3.10. The van der Waals surface area contributed by atoms with E-state index in [0.29, 0.717) is 4.47 Å². The van der Waals surface area contributed by atoms with Gasteiger partial charge in [-0.3, -0.25) is 0 Å². The van der Waals surface area contributed by atoms with Crippen LogP contribution in [-0.4, -0.2) is 7.11 Å². The molecule has 0 N–H and O–H groups in total. The molecule has 0 radical (unpaired) electrons. The van der Waals surface area contributed by atoms with Crippen LogP contribution in [0, 0.1) is 12.7 Å². The van der Waals surface area contributed by atoms with Crippen molar-refractivity contribution >= 4 is 28.4 Å². The van der Waals surface area contributed by atoms with Gasteiger partial charge in [0.05, 0.1) is 11.6 Å². The molecule has 0 saturated heterocycles. The summed E-state index contributed by atoms with van der Waals surface area (Å²) in [4.78, 5) is 0. The van der Waals surface area contributed by atoms with Gasteiger partial charge in [0, 0.05) is 12.4 Å². The van der Waals surface area contributed by atoms with Crippen LogP contribution in [0.15, 0.2) is 45.2 Å². The topological polar surface area (TPSA) is 21.6 Å². The molecule has 5 heteroatoms. The highest BCUT2D eigenvalue weighted by Gasteiger charge is 2.15. The van der Waals surface area contributed by atoms with Crippen LogP contribution in [0.2, 0.25) is 0 Å². The Morgan fingerprint density at radius 3 is 2.40 bits per heavy atom. The van der Waals surface area contributed by atoms with Gasteiger partial charge in [0.1, 0.15) is 17.6 Å². The monoisotopic (exact) mass is 353 g/mol. The molecule has 0 heterocycles. The van der Waals surface area contributed by atoms with Crippen LogP contribution >= 0.6 is 15.9 Å². The number of methoxy groups -OCH3 is 1. The van der Waals surface area contributed by atoms with Gasteiger partial charge in [0.25, 0.3) is 0 Å². The van der Waals surface area contributed by atoms with E-state index >= 15 is 0 Å². The van der Waals surface area contributed by atoms with Crippen LogP contribution in [-0.2, 0) is 12.4 Å². The van der Waals surface area contributed by atoms with Crippen molar-refractivity contribution in [2.24, 2.45) is 4.36 Å². The van der Waals surface area contributed by atoms with Crippen LogP contribution in [0.3, 0.4) is 0 Å². The number of rotatable bonds is 4. The third-order valence-corrected chi connectivity index (χ3v) is 3.92. The summed E-state index contributed by atoms with van der Waals surface area (Å²) in [6.07, 6.45) is 0. The van der Waals surface area contributed by atoms with Gasteiger partial charge in [-0.1, -0.05) is 12.1 Å². The van der Waals surface area contributed by atoms with Crippen LogP contribution in [0.4, 0.5) is 4.39 Å². The molecule has 0 amide bonds. The van der Waals surface area contributed by atoms with Gasteiger partial charge < -0.3 is 4.74 Å². The first-order valence-corrected chi connectivity index (χ1v) is 7.14. The van der Waals surface area contributed by atoms with E-state index in [4.69, 9.17) is 17.2 Å². The maximum Gasteiger partial charge on any atom is 0.137 e. The second kappa shape index (κ2) is 6.41. The molecule has 2 nitrogen and oxygen atoms in total. The quantitative estimate of drug-likeness (QED) is 0.792. The molecule has 0 spiro atoms. The summed E-state index contributed by atoms with van der Waals surface area (Å²) in [6, 6.07) is 10.3. The van der Waals surface area contributed by atoms with Gasteiger partial charge in [-0.2, -0.15) is 0 Å². The Morgan fingerprint density at radius 2 is 1.85 bits per heavy atom. The van der Waals surface area contributed by atoms with E-state index in [0.717, 1.165) is 22.4 Å². The number of aryl methyl sites for hydroxylation is 1. The van der Waals surface area contributed by atoms with E-state index in [1.807, 2.05) is 25.1 Å². The summed E-state index contributed by atoms with van der Waals surface area (Å²) in [5.41, 5.74) is 2.81. The minimum Gasteiger partial charge on any atom is -0.496 e. The summed E-state index contributed by atoms with van der Waals surface area (Å²) in [6.45, 7) is 1.96. The Labute approximate surface area is 131 Å². The van der Waals surface area contributed by atoms with Gasteiger partial charge >= 0.3 is 0 Å². The summed E-state index contributed by atoms with van der Waals surface area (Å²) in [7, 11) is 1.63. The van der Waals surface area contributed by atoms with Gasteiger partial charge in [0.15, 0.2) is 0 Å². The molecule has 2 rings (SSSR count). The average Bonchev–Trinajstić information content (AvgIpc) is 2.44. The minimum absolute atomic E-state index is 0.300. The predicted molar refractivity (Wildman–Crippen MR) is 83.5 cm³/mol. The van der Waals surface area contributed by atoms with Crippen molar-refractivity contribution in [3.8, 4) is 5.75 Å². The standard InChI is InChI=1S/C15H13BrFNOS/c1-9-7-10(4-6-14(9)19-2)15(18-20)11-3-5-13(17)12(16)8-11/h3-8,15H,1-2H3. The lowest BCUT2D eigenvalue weighted by Gasteiger charge is -2.14. The van der Waals surface area contributed by atoms with Gasteiger partial charge in [0.2, 0.25) is 0 Å². The van der Waals surface area contributed by atoms with E-state index in [1.54, 1.807) is 19.2 Å². The Hall–Kier alpha value is -1.33. The summed E-state index contributed by atoms with van der Waals surface area (Å²) in [5, 5.41) is 0. The molecule has 0 aliphatic carbocycles. The fourth-order valence-electron chi connectivity index (χ4n) is 2.07. The lowest BCUT2D eigenvalue weighted by Crippen LogP contribution is -1.99. The average molecular weight is 354 g/mol. The Balaban J connectivity index is 2.44. The molecule has 2 aromatic carbocycles. The molecule has 0 aliphatic rings. The highest BCUT2D eigenvalue weighted by Crippen LogP contribution is 2.31. The lowest BCUT2D eigenvalue weighted by atomic mass is 9.98. The second-order valence-corrected chi connectivity index (χ2v) is 5.48. The SMILES string of the molecule is COc1ccc(C(N=S)c2ccc(F)c(Br)c2)cc1C. The largest absolute Gasteiger partial charge is 0.496 e. The molecule has 0 fully saturated rings. The van der Waals surface area contributed by atoms with E-state index in [1.165, 1.54) is 6.07 Å². The highest BCUT2D eigenvalue weighted by atomic mass is 79.9. The van der Waals surface area contributed by atoms with Crippen molar-refractivity contribution in [2.75, 3.05) is 7.11 Å². The van der Waals surface area contributed by atoms with E-state index in [9.17, 15) is 4.39 Å². The minimum atomic E-state index is -0.303. The Morgan fingerprint density at radius 1 is 1.20 bits per heavy atom. The van der Waals surface area contributed by atoms with Crippen LogP contribution in [0.1, 0.15) is 22.7 Å². The first-order valence-electron chi connectivity index (χ1n) is 5.98. The Kier molecular flexibility index (Phi) is 4.83. The first-order chi connectivity index (χ1) is 9.56. The van der Waals surface area contributed by atoms with Crippen molar-refractivity contribution < 1.29 is 9.13 Å². The van der Waals surface area contributed by atoms with Gasteiger partial charge in [-0.05, 0) is 63.8 Å². The van der Waals surface area contributed by atoms with Gasteiger partial charge in [-0.15, -0.1) is 0 Å². The lowest BCUT2D eigenvalue weighted by molar-refractivity contribution is 0.411. The molecule has 0 bridgehead atoms. The normalized spacial score (nSPS) is 12.0. The maximum atomic E-state index is 13.3. The molecule has 0 saturated carbocycles. The summed E-state index contributed by atoms with van der Waals surface area (Å²) < 4.78 is 23.0. The van der Waals surface area contributed by atoms with Crippen molar-refractivity contribution in [1.29, 1.82) is 0 Å². The fraction of sp³-hybridized carbons (Fsp3) is 0.200. The highest BCUT2D eigenvalue weighted by molar-refractivity contribution is 9.10. The van der Waals surface area contributed by atoms with Crippen molar-refractivity contribution in [3.63, 3.8) is 0 Å². The number of hydrogen-bond acceptors (Lipinski definition) is 3. The molecular weight excluding hydrogens is 341 g/mol. The zero-order valence-corrected chi connectivity index (χ0v) is 13.5. The second-order valence-electron chi connectivity index (χ2n) is 4.41.